The number of carbonyl (C=O) groups is 1. The molecule has 1 atom stereocenters. The molecule has 0 aromatic carbocycles. The van der Waals surface area contributed by atoms with Crippen LogP contribution in [0.3, 0.4) is 0 Å². The van der Waals surface area contributed by atoms with Crippen LogP contribution in [-0.4, -0.2) is 74.9 Å². The van der Waals surface area contributed by atoms with E-state index < -0.39 is 6.10 Å². The molecule has 0 aromatic heterocycles. The van der Waals surface area contributed by atoms with Crippen LogP contribution in [0.25, 0.3) is 0 Å². The second-order valence-corrected chi connectivity index (χ2v) is 7.90. The van der Waals surface area contributed by atoms with Crippen molar-refractivity contribution < 1.29 is 14.6 Å². The van der Waals surface area contributed by atoms with Crippen LogP contribution in [0.2, 0.25) is 0 Å². The van der Waals surface area contributed by atoms with E-state index in [-0.39, 0.29) is 11.3 Å². The first-order valence-electron chi connectivity index (χ1n) is 9.96. The predicted molar refractivity (Wildman–Crippen MR) is 103 cm³/mol. The minimum absolute atomic E-state index is 0.170. The molecule has 0 saturated heterocycles. The average Bonchev–Trinajstić information content (AvgIpc) is 3.31. The molecule has 1 amide bonds. The zero-order valence-electron chi connectivity index (χ0n) is 16.6. The fraction of sp³-hybridized carbons (Fsp3) is 0.895. The highest BCUT2D eigenvalue weighted by molar-refractivity contribution is 5.84. The van der Waals surface area contributed by atoms with Gasteiger partial charge in [-0.15, -0.1) is 0 Å². The SMILES string of the molecule is CCNC(=NCC1(C(=O)N(C)C)CCCC1)NCC(O)COCC1CC1. The highest BCUT2D eigenvalue weighted by Gasteiger charge is 2.42. The molecule has 0 spiro atoms. The number of aliphatic hydroxyl groups excluding tert-OH is 1. The molecule has 0 aromatic rings. The number of hydrogen-bond acceptors (Lipinski definition) is 4. The third kappa shape index (κ3) is 6.43. The molecular weight excluding hydrogens is 332 g/mol. The van der Waals surface area contributed by atoms with Gasteiger partial charge in [-0.05, 0) is 38.5 Å². The van der Waals surface area contributed by atoms with Crippen molar-refractivity contribution >= 4 is 11.9 Å². The van der Waals surface area contributed by atoms with Crippen LogP contribution in [0.15, 0.2) is 4.99 Å². The molecule has 0 bridgehead atoms. The number of ether oxygens (including phenoxy) is 1. The Morgan fingerprint density at radius 1 is 1.31 bits per heavy atom. The van der Waals surface area contributed by atoms with Crippen LogP contribution < -0.4 is 10.6 Å². The molecule has 2 fully saturated rings. The number of carbonyl (C=O) groups excluding carboxylic acids is 1. The van der Waals surface area contributed by atoms with Gasteiger partial charge in [0, 0.05) is 33.8 Å². The van der Waals surface area contributed by atoms with E-state index in [1.165, 1.54) is 12.8 Å². The molecule has 2 aliphatic carbocycles. The molecule has 0 heterocycles. The monoisotopic (exact) mass is 368 g/mol. The third-order valence-corrected chi connectivity index (χ3v) is 5.17. The van der Waals surface area contributed by atoms with Crippen LogP contribution in [0.5, 0.6) is 0 Å². The molecule has 7 heteroatoms. The Balaban J connectivity index is 1.84. The lowest BCUT2D eigenvalue weighted by atomic mass is 9.85. The Labute approximate surface area is 157 Å². The van der Waals surface area contributed by atoms with Crippen LogP contribution in [0, 0.1) is 11.3 Å². The van der Waals surface area contributed by atoms with E-state index in [0.29, 0.717) is 31.6 Å². The summed E-state index contributed by atoms with van der Waals surface area (Å²) in [5.41, 5.74) is -0.377. The van der Waals surface area contributed by atoms with Gasteiger partial charge < -0.3 is 25.4 Å². The van der Waals surface area contributed by atoms with Crippen LogP contribution in [-0.2, 0) is 9.53 Å². The molecule has 0 radical (unpaired) electrons. The van der Waals surface area contributed by atoms with Crippen molar-refractivity contribution in [3.05, 3.63) is 0 Å². The second-order valence-electron chi connectivity index (χ2n) is 7.90. The van der Waals surface area contributed by atoms with E-state index in [4.69, 9.17) is 4.74 Å². The van der Waals surface area contributed by atoms with Gasteiger partial charge in [-0.3, -0.25) is 9.79 Å². The Kier molecular flexibility index (Phi) is 8.15. The molecule has 26 heavy (non-hydrogen) atoms. The van der Waals surface area contributed by atoms with Gasteiger partial charge >= 0.3 is 0 Å². The summed E-state index contributed by atoms with van der Waals surface area (Å²) < 4.78 is 5.53. The Morgan fingerprint density at radius 3 is 2.58 bits per heavy atom. The molecule has 3 N–H and O–H groups in total. The molecule has 150 valence electrons. The highest BCUT2D eigenvalue weighted by atomic mass is 16.5. The van der Waals surface area contributed by atoms with Gasteiger partial charge in [-0.2, -0.15) is 0 Å². The lowest BCUT2D eigenvalue weighted by Crippen LogP contribution is -2.44. The van der Waals surface area contributed by atoms with E-state index >= 15 is 0 Å². The third-order valence-electron chi connectivity index (χ3n) is 5.17. The first-order chi connectivity index (χ1) is 12.5. The summed E-state index contributed by atoms with van der Waals surface area (Å²) in [7, 11) is 3.63. The molecule has 1 unspecified atom stereocenters. The maximum absolute atomic E-state index is 12.6. The fourth-order valence-corrected chi connectivity index (χ4v) is 3.47. The van der Waals surface area contributed by atoms with Crippen molar-refractivity contribution in [3.63, 3.8) is 0 Å². The molecular formula is C19H36N4O3. The number of aliphatic hydroxyl groups is 1. The lowest BCUT2D eigenvalue weighted by Gasteiger charge is -2.29. The largest absolute Gasteiger partial charge is 0.389 e. The number of amides is 1. The number of hydrogen-bond donors (Lipinski definition) is 3. The first-order valence-corrected chi connectivity index (χ1v) is 9.96. The quantitative estimate of drug-likeness (QED) is 0.395. The van der Waals surface area contributed by atoms with Gasteiger partial charge in [-0.1, -0.05) is 12.8 Å². The fourth-order valence-electron chi connectivity index (χ4n) is 3.47. The van der Waals surface area contributed by atoms with Crippen LogP contribution in [0.4, 0.5) is 0 Å². The predicted octanol–water partition coefficient (Wildman–Crippen LogP) is 0.978. The maximum atomic E-state index is 12.6. The van der Waals surface area contributed by atoms with Gasteiger partial charge in [0.1, 0.15) is 0 Å². The van der Waals surface area contributed by atoms with E-state index in [1.54, 1.807) is 4.90 Å². The number of nitrogens with zero attached hydrogens (tertiary/aromatic N) is 2. The zero-order chi connectivity index (χ0) is 19.0. The summed E-state index contributed by atoms with van der Waals surface area (Å²) >= 11 is 0. The Bertz CT molecular complexity index is 471. The van der Waals surface area contributed by atoms with E-state index in [2.05, 4.69) is 15.6 Å². The number of guanidine groups is 1. The molecule has 7 nitrogen and oxygen atoms in total. The summed E-state index contributed by atoms with van der Waals surface area (Å²) in [6.45, 7) is 4.68. The standard InChI is InChI=1S/C19H36N4O3/c1-4-20-18(21-11-16(24)13-26-12-15-7-8-15)22-14-19(9-5-6-10-19)17(25)23(2)3/h15-16,24H,4-14H2,1-3H3,(H2,20,21,22). The summed E-state index contributed by atoms with van der Waals surface area (Å²) in [5.74, 6) is 1.51. The van der Waals surface area contributed by atoms with Crippen LogP contribution >= 0.6 is 0 Å². The topological polar surface area (TPSA) is 86.2 Å². The normalized spacial score (nSPS) is 20.7. The lowest BCUT2D eigenvalue weighted by molar-refractivity contribution is -0.138. The summed E-state index contributed by atoms with van der Waals surface area (Å²) in [5, 5.41) is 16.4. The van der Waals surface area contributed by atoms with Gasteiger partial charge in [0.05, 0.1) is 24.7 Å². The molecule has 2 saturated carbocycles. The van der Waals surface area contributed by atoms with E-state index in [0.717, 1.165) is 38.8 Å². The van der Waals surface area contributed by atoms with Crippen molar-refractivity contribution in [1.82, 2.24) is 15.5 Å². The summed E-state index contributed by atoms with van der Waals surface area (Å²) in [6.07, 6.45) is 5.88. The number of rotatable bonds is 10. The smallest absolute Gasteiger partial charge is 0.230 e. The molecule has 2 rings (SSSR count). The maximum Gasteiger partial charge on any atom is 0.230 e. The first kappa shape index (κ1) is 21.0. The van der Waals surface area contributed by atoms with Gasteiger partial charge in [0.25, 0.3) is 0 Å². The Hall–Kier alpha value is -1.34. The van der Waals surface area contributed by atoms with E-state index in [1.807, 2.05) is 21.0 Å². The summed E-state index contributed by atoms with van der Waals surface area (Å²) in [6, 6.07) is 0. The van der Waals surface area contributed by atoms with Crippen molar-refractivity contribution in [3.8, 4) is 0 Å². The highest BCUT2D eigenvalue weighted by Crippen LogP contribution is 2.39. The van der Waals surface area contributed by atoms with E-state index in [9.17, 15) is 9.90 Å². The average molecular weight is 369 g/mol. The molecule has 0 aliphatic heterocycles. The van der Waals surface area contributed by atoms with Crippen molar-refractivity contribution in [2.24, 2.45) is 16.3 Å². The van der Waals surface area contributed by atoms with Crippen molar-refractivity contribution in [2.75, 3.05) is 46.9 Å². The van der Waals surface area contributed by atoms with Crippen LogP contribution in [0.1, 0.15) is 45.4 Å². The zero-order valence-corrected chi connectivity index (χ0v) is 16.6. The minimum atomic E-state index is -0.568. The van der Waals surface area contributed by atoms with Gasteiger partial charge in [-0.25, -0.2) is 0 Å². The Morgan fingerprint density at radius 2 is 2.00 bits per heavy atom. The van der Waals surface area contributed by atoms with Crippen molar-refractivity contribution in [1.29, 1.82) is 0 Å². The second kappa shape index (κ2) is 10.1. The minimum Gasteiger partial charge on any atom is -0.389 e. The van der Waals surface area contributed by atoms with Crippen molar-refractivity contribution in [2.45, 2.75) is 51.6 Å². The number of nitrogens with one attached hydrogen (secondary N) is 2. The number of aliphatic imine (C=N–C) groups is 1. The molecule has 2 aliphatic rings. The summed E-state index contributed by atoms with van der Waals surface area (Å²) in [4.78, 5) is 19.0. The van der Waals surface area contributed by atoms with Gasteiger partial charge in [0.2, 0.25) is 5.91 Å². The van der Waals surface area contributed by atoms with Gasteiger partial charge in [0.15, 0.2) is 5.96 Å².